The number of rotatable bonds is 7. The van der Waals surface area contributed by atoms with Gasteiger partial charge in [0.25, 0.3) is 0 Å². The third-order valence-corrected chi connectivity index (χ3v) is 6.50. The number of carbonyl (C=O) groups is 2. The summed E-state index contributed by atoms with van der Waals surface area (Å²) in [6, 6.07) is 17.7. The summed E-state index contributed by atoms with van der Waals surface area (Å²) in [4.78, 5) is 31.6. The minimum Gasteiger partial charge on any atom is -0.489 e. The Morgan fingerprint density at radius 2 is 1.76 bits per heavy atom. The van der Waals surface area contributed by atoms with Crippen molar-refractivity contribution in [1.82, 2.24) is 0 Å². The lowest BCUT2D eigenvalue weighted by molar-refractivity contribution is -0.146. The maximum Gasteiger partial charge on any atom is 0.315 e. The number of Topliss-reactive ketones (excluding diaryl/α,β-unsaturated/α-hetero) is 1. The quantitative estimate of drug-likeness (QED) is 0.474. The first-order valence-corrected chi connectivity index (χ1v) is 12.0. The van der Waals surface area contributed by atoms with Crippen LogP contribution in [0, 0.1) is 11.3 Å². The van der Waals surface area contributed by atoms with E-state index in [-0.39, 0.29) is 17.2 Å². The summed E-state index contributed by atoms with van der Waals surface area (Å²) in [7, 11) is 0. The molecule has 1 unspecified atom stereocenters. The van der Waals surface area contributed by atoms with Crippen LogP contribution in [0.15, 0.2) is 70.9 Å². The van der Waals surface area contributed by atoms with Gasteiger partial charge in [-0.15, -0.1) is 0 Å². The maximum absolute atomic E-state index is 13.5. The summed E-state index contributed by atoms with van der Waals surface area (Å²) in [5, 5.41) is 0. The summed E-state index contributed by atoms with van der Waals surface area (Å²) in [5.74, 6) is -0.748. The molecule has 178 valence electrons. The number of hydrogen-bond donors (Lipinski definition) is 0. The van der Waals surface area contributed by atoms with E-state index in [1.54, 1.807) is 0 Å². The number of ether oxygens (including phenoxy) is 2. The number of esters is 1. The summed E-state index contributed by atoms with van der Waals surface area (Å²) in [6.45, 7) is 8.75. The van der Waals surface area contributed by atoms with Gasteiger partial charge in [0.15, 0.2) is 5.78 Å². The average Bonchev–Trinajstić information content (AvgIpc) is 2.80. The Hall–Kier alpha value is -3.21. The van der Waals surface area contributed by atoms with Gasteiger partial charge in [0.05, 0.1) is 6.61 Å². The zero-order chi connectivity index (χ0) is 24.3. The van der Waals surface area contributed by atoms with E-state index in [1.165, 1.54) is 0 Å². The lowest BCUT2D eigenvalue weighted by Crippen LogP contribution is -2.39. The van der Waals surface area contributed by atoms with Crippen LogP contribution in [0.5, 0.6) is 5.75 Å². The van der Waals surface area contributed by atoms with Crippen molar-refractivity contribution in [1.29, 1.82) is 0 Å². The van der Waals surface area contributed by atoms with Gasteiger partial charge in [-0.3, -0.25) is 14.6 Å². The van der Waals surface area contributed by atoms with E-state index in [4.69, 9.17) is 14.5 Å². The van der Waals surface area contributed by atoms with E-state index in [0.29, 0.717) is 43.1 Å². The highest BCUT2D eigenvalue weighted by Gasteiger charge is 2.46. The van der Waals surface area contributed by atoms with Crippen LogP contribution in [0.3, 0.4) is 0 Å². The summed E-state index contributed by atoms with van der Waals surface area (Å²) >= 11 is 0. The van der Waals surface area contributed by atoms with Gasteiger partial charge >= 0.3 is 5.97 Å². The molecule has 0 bridgehead atoms. The highest BCUT2D eigenvalue weighted by Crippen LogP contribution is 2.49. The number of para-hydroxylation sites is 1. The zero-order valence-corrected chi connectivity index (χ0v) is 20.5. The molecule has 2 aromatic carbocycles. The molecule has 2 aromatic rings. The summed E-state index contributed by atoms with van der Waals surface area (Å²) in [5.41, 5.74) is 3.83. The van der Waals surface area contributed by atoms with Gasteiger partial charge in [-0.25, -0.2) is 0 Å². The van der Waals surface area contributed by atoms with Gasteiger partial charge in [-0.05, 0) is 36.8 Å². The molecule has 0 fully saturated rings. The Labute approximate surface area is 201 Å². The Bertz CT molecular complexity index is 1130. The molecule has 0 spiro atoms. The number of ketones is 1. The molecular formula is C29H33NO4. The number of nitrogens with zero attached hydrogens (tertiary/aromatic N) is 1. The van der Waals surface area contributed by atoms with Crippen molar-refractivity contribution in [3.8, 4) is 5.75 Å². The van der Waals surface area contributed by atoms with Gasteiger partial charge in [0, 0.05) is 34.9 Å². The zero-order valence-electron chi connectivity index (χ0n) is 20.5. The van der Waals surface area contributed by atoms with Crippen molar-refractivity contribution in [2.45, 2.75) is 59.5 Å². The molecule has 2 aliphatic rings. The molecule has 5 heteroatoms. The fraction of sp³-hybridized carbons (Fsp3) is 0.414. The second kappa shape index (κ2) is 9.96. The van der Waals surface area contributed by atoms with Crippen LogP contribution in [-0.4, -0.2) is 24.1 Å². The number of benzene rings is 2. The first kappa shape index (κ1) is 23.9. The van der Waals surface area contributed by atoms with E-state index in [0.717, 1.165) is 23.2 Å². The molecule has 1 aliphatic carbocycles. The smallest absolute Gasteiger partial charge is 0.315 e. The number of allylic oxidation sites excluding steroid dienone is 2. The van der Waals surface area contributed by atoms with E-state index in [9.17, 15) is 9.59 Å². The van der Waals surface area contributed by atoms with Crippen LogP contribution < -0.4 is 4.74 Å². The van der Waals surface area contributed by atoms with Crippen molar-refractivity contribution in [2.24, 2.45) is 16.3 Å². The largest absolute Gasteiger partial charge is 0.489 e. The third-order valence-electron chi connectivity index (χ3n) is 6.50. The SMILES string of the molecule is CCCOC(=O)C1C(C)=NC2=C(C(=O)CC(C)(C)C2)[C@@H]1c1ccccc1OCc1ccccc1. The Balaban J connectivity index is 1.78. The average molecular weight is 460 g/mol. The summed E-state index contributed by atoms with van der Waals surface area (Å²) in [6.07, 6.45) is 1.86. The molecule has 0 saturated carbocycles. The van der Waals surface area contributed by atoms with Crippen LogP contribution in [-0.2, 0) is 20.9 Å². The van der Waals surface area contributed by atoms with Gasteiger partial charge in [0.2, 0.25) is 0 Å². The van der Waals surface area contributed by atoms with E-state index >= 15 is 0 Å². The van der Waals surface area contributed by atoms with Crippen LogP contribution in [0.25, 0.3) is 0 Å². The number of carbonyl (C=O) groups excluding carboxylic acids is 2. The lowest BCUT2D eigenvalue weighted by atomic mass is 9.66. The van der Waals surface area contributed by atoms with E-state index in [2.05, 4.69) is 13.8 Å². The molecule has 1 heterocycles. The molecule has 34 heavy (non-hydrogen) atoms. The van der Waals surface area contributed by atoms with Crippen molar-refractivity contribution in [3.05, 3.63) is 77.0 Å². The van der Waals surface area contributed by atoms with Crippen LogP contribution >= 0.6 is 0 Å². The topological polar surface area (TPSA) is 65.0 Å². The normalized spacial score (nSPS) is 21.5. The molecule has 0 aromatic heterocycles. The molecule has 5 nitrogen and oxygen atoms in total. The predicted octanol–water partition coefficient (Wildman–Crippen LogP) is 6.04. The molecule has 0 saturated heterocycles. The summed E-state index contributed by atoms with van der Waals surface area (Å²) < 4.78 is 11.8. The third kappa shape index (κ3) is 4.98. The second-order valence-corrected chi connectivity index (χ2v) is 9.99. The van der Waals surface area contributed by atoms with Crippen molar-refractivity contribution >= 4 is 17.5 Å². The number of aliphatic imine (C=N–C) groups is 1. The molecule has 0 amide bonds. The lowest BCUT2D eigenvalue weighted by Gasteiger charge is -2.39. The van der Waals surface area contributed by atoms with E-state index in [1.807, 2.05) is 68.4 Å². The van der Waals surface area contributed by atoms with Crippen LogP contribution in [0.4, 0.5) is 0 Å². The van der Waals surface area contributed by atoms with Gasteiger partial charge in [0.1, 0.15) is 18.3 Å². The molecule has 1 aliphatic heterocycles. The first-order chi connectivity index (χ1) is 16.3. The van der Waals surface area contributed by atoms with Gasteiger partial charge in [-0.1, -0.05) is 69.3 Å². The second-order valence-electron chi connectivity index (χ2n) is 9.99. The maximum atomic E-state index is 13.5. The molecule has 0 radical (unpaired) electrons. The molecule has 2 atom stereocenters. The van der Waals surface area contributed by atoms with Gasteiger partial charge in [-0.2, -0.15) is 0 Å². The van der Waals surface area contributed by atoms with Crippen LogP contribution in [0.2, 0.25) is 0 Å². The first-order valence-electron chi connectivity index (χ1n) is 12.0. The molecular weight excluding hydrogens is 426 g/mol. The van der Waals surface area contributed by atoms with E-state index < -0.39 is 11.8 Å². The van der Waals surface area contributed by atoms with Crippen molar-refractivity contribution < 1.29 is 19.1 Å². The predicted molar refractivity (Wildman–Crippen MR) is 133 cm³/mol. The van der Waals surface area contributed by atoms with Crippen molar-refractivity contribution in [2.75, 3.05) is 6.61 Å². The fourth-order valence-corrected chi connectivity index (χ4v) is 4.98. The highest BCUT2D eigenvalue weighted by atomic mass is 16.5. The number of hydrogen-bond acceptors (Lipinski definition) is 5. The molecule has 0 N–H and O–H groups in total. The Morgan fingerprint density at radius 3 is 2.50 bits per heavy atom. The fourth-order valence-electron chi connectivity index (χ4n) is 4.98. The Kier molecular flexibility index (Phi) is 7.01. The minimum atomic E-state index is -0.656. The van der Waals surface area contributed by atoms with Crippen LogP contribution in [0.1, 0.15) is 64.0 Å². The monoisotopic (exact) mass is 459 g/mol. The highest BCUT2D eigenvalue weighted by molar-refractivity contribution is 6.09. The standard InChI is InChI=1S/C29H33NO4/c1-5-15-33-28(32)25-19(2)30-22-16-29(3,4)17-23(31)27(22)26(25)21-13-9-10-14-24(21)34-18-20-11-7-6-8-12-20/h6-14,25-26H,5,15-18H2,1-4H3/t25?,26-/m1/s1. The van der Waals surface area contributed by atoms with Gasteiger partial charge < -0.3 is 9.47 Å². The van der Waals surface area contributed by atoms with Crippen molar-refractivity contribution in [3.63, 3.8) is 0 Å². The minimum absolute atomic E-state index is 0.0543. The Morgan fingerprint density at radius 1 is 1.06 bits per heavy atom. The molecule has 4 rings (SSSR count).